The number of hydrogen-bond acceptors (Lipinski definition) is 3. The Balaban J connectivity index is 1.63. The van der Waals surface area contributed by atoms with Crippen molar-refractivity contribution in [1.82, 2.24) is 10.3 Å². The van der Waals surface area contributed by atoms with E-state index in [0.29, 0.717) is 17.9 Å². The molecular formula is C17H17N3O2. The van der Waals surface area contributed by atoms with E-state index in [1.807, 2.05) is 36.4 Å². The van der Waals surface area contributed by atoms with Gasteiger partial charge < -0.3 is 15.4 Å². The number of nitriles is 1. The number of aliphatic hydroxyl groups excluding tert-OH is 1. The first kappa shape index (κ1) is 14.4. The number of carbonyl (C=O) groups excluding carboxylic acids is 1. The lowest BCUT2D eigenvalue weighted by Gasteiger charge is -2.23. The Labute approximate surface area is 128 Å². The minimum atomic E-state index is -0.577. The third-order valence-corrected chi connectivity index (χ3v) is 4.24. The zero-order valence-electron chi connectivity index (χ0n) is 12.0. The van der Waals surface area contributed by atoms with Gasteiger partial charge in [0.1, 0.15) is 17.5 Å². The van der Waals surface area contributed by atoms with E-state index in [1.165, 1.54) is 0 Å². The summed E-state index contributed by atoms with van der Waals surface area (Å²) in [7, 11) is 0. The highest BCUT2D eigenvalue weighted by Crippen LogP contribution is 2.54. The van der Waals surface area contributed by atoms with Crippen molar-refractivity contribution in [2.24, 2.45) is 5.41 Å². The molecule has 1 unspecified atom stereocenters. The molecule has 5 heteroatoms. The third kappa shape index (κ3) is 2.74. The number of benzene rings is 1. The van der Waals surface area contributed by atoms with E-state index >= 15 is 0 Å². The summed E-state index contributed by atoms with van der Waals surface area (Å²) in [5.41, 5.74) is 1.32. The monoisotopic (exact) mass is 295 g/mol. The number of aromatic nitrogens is 1. The van der Waals surface area contributed by atoms with Crippen molar-refractivity contribution in [3.8, 4) is 6.07 Å². The standard InChI is InChI=1S/C17H17N3O2/c18-10-13-6-7-14(20-13)16(22)19-11-17(8-9-17)15(21)12-4-2-1-3-5-12/h1-7,15,20-21H,8-9,11H2,(H,19,22). The Hall–Kier alpha value is -2.58. The molecule has 1 aromatic carbocycles. The van der Waals surface area contributed by atoms with E-state index in [1.54, 1.807) is 12.1 Å². The summed E-state index contributed by atoms with van der Waals surface area (Å²) in [5, 5.41) is 22.1. The van der Waals surface area contributed by atoms with Gasteiger partial charge in [-0.05, 0) is 30.5 Å². The second-order valence-corrected chi connectivity index (χ2v) is 5.76. The average molecular weight is 295 g/mol. The van der Waals surface area contributed by atoms with Gasteiger partial charge in [-0.15, -0.1) is 0 Å². The molecule has 0 spiro atoms. The molecule has 5 nitrogen and oxygen atoms in total. The first-order valence-electron chi connectivity index (χ1n) is 7.25. The summed E-state index contributed by atoms with van der Waals surface area (Å²) >= 11 is 0. The lowest BCUT2D eigenvalue weighted by atomic mass is 9.92. The summed E-state index contributed by atoms with van der Waals surface area (Å²) in [6.45, 7) is 0.419. The van der Waals surface area contributed by atoms with Crippen LogP contribution in [0, 0.1) is 16.7 Å². The zero-order valence-corrected chi connectivity index (χ0v) is 12.0. The molecular weight excluding hydrogens is 278 g/mol. The average Bonchev–Trinajstić information content (AvgIpc) is 3.20. The van der Waals surface area contributed by atoms with Crippen molar-refractivity contribution >= 4 is 5.91 Å². The van der Waals surface area contributed by atoms with Gasteiger partial charge in [0.05, 0.1) is 6.10 Å². The van der Waals surface area contributed by atoms with Gasteiger partial charge in [-0.25, -0.2) is 0 Å². The summed E-state index contributed by atoms with van der Waals surface area (Å²) in [5.74, 6) is -0.256. The quantitative estimate of drug-likeness (QED) is 0.789. The fourth-order valence-electron chi connectivity index (χ4n) is 2.64. The maximum absolute atomic E-state index is 12.1. The maximum Gasteiger partial charge on any atom is 0.267 e. The second-order valence-electron chi connectivity index (χ2n) is 5.76. The number of H-pyrrole nitrogens is 1. The topological polar surface area (TPSA) is 88.9 Å². The summed E-state index contributed by atoms with van der Waals surface area (Å²) in [6.07, 6.45) is 1.20. The third-order valence-electron chi connectivity index (χ3n) is 4.24. The molecule has 2 aromatic rings. The van der Waals surface area contributed by atoms with Crippen LogP contribution in [-0.4, -0.2) is 22.5 Å². The van der Waals surface area contributed by atoms with Crippen LogP contribution >= 0.6 is 0 Å². The van der Waals surface area contributed by atoms with E-state index in [-0.39, 0.29) is 11.3 Å². The highest BCUT2D eigenvalue weighted by atomic mass is 16.3. The predicted molar refractivity (Wildman–Crippen MR) is 80.9 cm³/mol. The van der Waals surface area contributed by atoms with E-state index in [2.05, 4.69) is 10.3 Å². The fourth-order valence-corrected chi connectivity index (χ4v) is 2.64. The van der Waals surface area contributed by atoms with E-state index < -0.39 is 6.10 Å². The number of aliphatic hydroxyl groups is 1. The number of aromatic amines is 1. The molecule has 0 radical (unpaired) electrons. The smallest absolute Gasteiger partial charge is 0.267 e. The molecule has 1 aromatic heterocycles. The Morgan fingerprint density at radius 1 is 1.32 bits per heavy atom. The minimum absolute atomic E-state index is 0.256. The van der Waals surface area contributed by atoms with Gasteiger partial charge in [0.2, 0.25) is 0 Å². The number of carbonyl (C=O) groups is 1. The second kappa shape index (κ2) is 5.66. The van der Waals surface area contributed by atoms with Crippen LogP contribution in [-0.2, 0) is 0 Å². The SMILES string of the molecule is N#Cc1ccc(C(=O)NCC2(C(O)c3ccccc3)CC2)[nH]1. The largest absolute Gasteiger partial charge is 0.388 e. The van der Waals surface area contributed by atoms with Crippen LogP contribution in [0.1, 0.15) is 40.7 Å². The van der Waals surface area contributed by atoms with Crippen LogP contribution in [0.2, 0.25) is 0 Å². The molecule has 1 amide bonds. The number of nitrogens with zero attached hydrogens (tertiary/aromatic N) is 1. The van der Waals surface area contributed by atoms with E-state index in [0.717, 1.165) is 18.4 Å². The normalized spacial score (nSPS) is 16.5. The van der Waals surface area contributed by atoms with Crippen LogP contribution in [0.5, 0.6) is 0 Å². The summed E-state index contributed by atoms with van der Waals surface area (Å²) in [4.78, 5) is 14.8. The highest BCUT2D eigenvalue weighted by molar-refractivity contribution is 5.92. The molecule has 0 saturated heterocycles. The molecule has 1 fully saturated rings. The molecule has 1 saturated carbocycles. The first-order chi connectivity index (χ1) is 10.6. The Bertz CT molecular complexity index is 711. The Morgan fingerprint density at radius 2 is 2.05 bits per heavy atom. The predicted octanol–water partition coefficient (Wildman–Crippen LogP) is 2.13. The van der Waals surface area contributed by atoms with Crippen molar-refractivity contribution in [3.05, 3.63) is 59.4 Å². The van der Waals surface area contributed by atoms with Crippen LogP contribution in [0.25, 0.3) is 0 Å². The van der Waals surface area contributed by atoms with Crippen molar-refractivity contribution < 1.29 is 9.90 Å². The summed E-state index contributed by atoms with van der Waals surface area (Å²) in [6, 6.07) is 14.6. The Morgan fingerprint density at radius 3 is 2.64 bits per heavy atom. The molecule has 1 heterocycles. The lowest BCUT2D eigenvalue weighted by molar-refractivity contribution is 0.0805. The zero-order chi connectivity index (χ0) is 15.6. The molecule has 0 bridgehead atoms. The molecule has 112 valence electrons. The molecule has 1 atom stereocenters. The fraction of sp³-hybridized carbons (Fsp3) is 0.294. The first-order valence-corrected chi connectivity index (χ1v) is 7.25. The van der Waals surface area contributed by atoms with Gasteiger partial charge in [-0.2, -0.15) is 5.26 Å². The van der Waals surface area contributed by atoms with Gasteiger partial charge in [-0.1, -0.05) is 30.3 Å². The highest BCUT2D eigenvalue weighted by Gasteiger charge is 2.49. The molecule has 0 aliphatic heterocycles. The van der Waals surface area contributed by atoms with Crippen LogP contribution in [0.4, 0.5) is 0 Å². The number of hydrogen-bond donors (Lipinski definition) is 3. The Kier molecular flexibility index (Phi) is 3.70. The minimum Gasteiger partial charge on any atom is -0.388 e. The lowest BCUT2D eigenvalue weighted by Crippen LogP contribution is -2.33. The van der Waals surface area contributed by atoms with Gasteiger partial charge in [0.25, 0.3) is 5.91 Å². The van der Waals surface area contributed by atoms with Crippen LogP contribution in [0.15, 0.2) is 42.5 Å². The van der Waals surface area contributed by atoms with Crippen molar-refractivity contribution in [1.29, 1.82) is 5.26 Å². The van der Waals surface area contributed by atoms with Gasteiger partial charge in [0, 0.05) is 12.0 Å². The van der Waals surface area contributed by atoms with Gasteiger partial charge >= 0.3 is 0 Å². The molecule has 1 aliphatic carbocycles. The maximum atomic E-state index is 12.1. The van der Waals surface area contributed by atoms with Gasteiger partial charge in [-0.3, -0.25) is 4.79 Å². The van der Waals surface area contributed by atoms with Crippen LogP contribution in [0.3, 0.4) is 0 Å². The molecule has 3 rings (SSSR count). The molecule has 22 heavy (non-hydrogen) atoms. The van der Waals surface area contributed by atoms with Crippen molar-refractivity contribution in [2.75, 3.05) is 6.54 Å². The van der Waals surface area contributed by atoms with Gasteiger partial charge in [0.15, 0.2) is 0 Å². The van der Waals surface area contributed by atoms with Crippen LogP contribution < -0.4 is 5.32 Å². The number of rotatable bonds is 5. The van der Waals surface area contributed by atoms with Crippen molar-refractivity contribution in [3.63, 3.8) is 0 Å². The van der Waals surface area contributed by atoms with E-state index in [9.17, 15) is 9.90 Å². The summed E-state index contributed by atoms with van der Waals surface area (Å²) < 4.78 is 0. The number of amides is 1. The molecule has 1 aliphatic rings. The molecule has 3 N–H and O–H groups in total. The van der Waals surface area contributed by atoms with Crippen molar-refractivity contribution in [2.45, 2.75) is 18.9 Å². The number of nitrogens with one attached hydrogen (secondary N) is 2. The van der Waals surface area contributed by atoms with E-state index in [4.69, 9.17) is 5.26 Å².